The second-order valence-electron chi connectivity index (χ2n) is 23.2. The van der Waals surface area contributed by atoms with E-state index in [0.717, 1.165) is 23.7 Å². The summed E-state index contributed by atoms with van der Waals surface area (Å²) in [4.78, 5) is 2.51. The van der Waals surface area contributed by atoms with Crippen LogP contribution in [0.25, 0.3) is 44.5 Å². The van der Waals surface area contributed by atoms with Crippen LogP contribution in [0.15, 0.2) is 152 Å². The minimum absolute atomic E-state index is 0.0944. The van der Waals surface area contributed by atoms with E-state index in [-0.39, 0.29) is 21.7 Å². The van der Waals surface area contributed by atoms with E-state index in [4.69, 9.17) is 0 Å². The highest BCUT2D eigenvalue weighted by molar-refractivity contribution is 5.95. The Morgan fingerprint density at radius 3 is 1.86 bits per heavy atom. The Kier molecular flexibility index (Phi) is 7.28. The Balaban J connectivity index is 0.894. The molecule has 0 amide bonds. The third-order valence-corrected chi connectivity index (χ3v) is 19.2. The summed E-state index contributed by atoms with van der Waals surface area (Å²) in [6.07, 6.45) is 8.32. The fourth-order valence-electron chi connectivity index (χ4n) is 16.3. The van der Waals surface area contributed by atoms with E-state index in [9.17, 15) is 0 Å². The molecule has 6 unspecified atom stereocenters. The molecule has 14 rings (SSSR count). The third kappa shape index (κ3) is 4.57. The van der Waals surface area contributed by atoms with Gasteiger partial charge in [-0.05, 0) is 193 Å². The molecular formula is C63H59N. The van der Waals surface area contributed by atoms with Gasteiger partial charge in [0.1, 0.15) is 0 Å². The van der Waals surface area contributed by atoms with Gasteiger partial charge in [0.05, 0.1) is 0 Å². The quantitative estimate of drug-likeness (QED) is 0.167. The monoisotopic (exact) mass is 829 g/mol. The second-order valence-corrected chi connectivity index (χ2v) is 23.2. The van der Waals surface area contributed by atoms with Crippen molar-refractivity contribution in [1.82, 2.24) is 0 Å². The average Bonchev–Trinajstić information content (AvgIpc) is 4.00. The van der Waals surface area contributed by atoms with E-state index in [0.29, 0.717) is 5.41 Å². The van der Waals surface area contributed by atoms with Gasteiger partial charge in [0.15, 0.2) is 0 Å². The molecular weight excluding hydrogens is 771 g/mol. The molecule has 0 saturated heterocycles. The molecule has 316 valence electrons. The van der Waals surface area contributed by atoms with Gasteiger partial charge < -0.3 is 4.90 Å². The summed E-state index contributed by atoms with van der Waals surface area (Å²) in [5.41, 5.74) is 24.7. The van der Waals surface area contributed by atoms with E-state index in [1.54, 1.807) is 11.1 Å². The summed E-state index contributed by atoms with van der Waals surface area (Å²) < 4.78 is 0. The predicted molar refractivity (Wildman–Crippen MR) is 266 cm³/mol. The zero-order valence-electron chi connectivity index (χ0n) is 38.4. The molecule has 1 heteroatoms. The van der Waals surface area contributed by atoms with E-state index in [2.05, 4.69) is 198 Å². The molecule has 7 aromatic carbocycles. The van der Waals surface area contributed by atoms with E-state index in [1.807, 2.05) is 0 Å². The number of anilines is 3. The van der Waals surface area contributed by atoms with Crippen LogP contribution in [-0.4, -0.2) is 0 Å². The van der Waals surface area contributed by atoms with Crippen LogP contribution in [0.3, 0.4) is 0 Å². The van der Waals surface area contributed by atoms with Crippen molar-refractivity contribution >= 4 is 17.1 Å². The van der Waals surface area contributed by atoms with Gasteiger partial charge in [0, 0.05) is 27.9 Å². The van der Waals surface area contributed by atoms with Crippen molar-refractivity contribution in [2.45, 2.75) is 102 Å². The maximum Gasteiger partial charge on any atom is 0.0467 e. The van der Waals surface area contributed by atoms with Crippen LogP contribution in [0.2, 0.25) is 0 Å². The summed E-state index contributed by atoms with van der Waals surface area (Å²) in [6, 6.07) is 59.3. The van der Waals surface area contributed by atoms with E-state index in [1.165, 1.54) is 122 Å². The molecule has 0 aromatic heterocycles. The van der Waals surface area contributed by atoms with Gasteiger partial charge in [-0.1, -0.05) is 157 Å². The lowest BCUT2D eigenvalue weighted by molar-refractivity contribution is -0.231. The number of hydrogen-bond donors (Lipinski definition) is 0. The average molecular weight is 830 g/mol. The minimum atomic E-state index is -0.0944. The molecule has 7 aromatic rings. The van der Waals surface area contributed by atoms with Crippen molar-refractivity contribution in [3.05, 3.63) is 185 Å². The molecule has 7 aliphatic carbocycles. The van der Waals surface area contributed by atoms with Crippen LogP contribution in [0.1, 0.15) is 113 Å². The third-order valence-electron chi connectivity index (χ3n) is 19.2. The zero-order valence-corrected chi connectivity index (χ0v) is 38.4. The zero-order chi connectivity index (χ0) is 43.1. The molecule has 0 heterocycles. The van der Waals surface area contributed by atoms with Crippen LogP contribution in [0.5, 0.6) is 0 Å². The molecule has 4 saturated carbocycles. The Bertz CT molecular complexity index is 3140. The molecule has 4 fully saturated rings. The van der Waals surface area contributed by atoms with Gasteiger partial charge in [-0.15, -0.1) is 0 Å². The molecule has 7 aliphatic rings. The summed E-state index contributed by atoms with van der Waals surface area (Å²) >= 11 is 0. The Morgan fingerprint density at radius 2 is 1.05 bits per heavy atom. The Morgan fingerprint density at radius 1 is 0.422 bits per heavy atom. The minimum Gasteiger partial charge on any atom is -0.310 e. The number of rotatable bonds is 5. The van der Waals surface area contributed by atoms with Gasteiger partial charge >= 0.3 is 0 Å². The first-order valence-corrected chi connectivity index (χ1v) is 24.6. The summed E-state index contributed by atoms with van der Waals surface area (Å²) in [6.45, 7) is 14.5. The molecule has 0 radical (unpaired) electrons. The highest BCUT2D eigenvalue weighted by atomic mass is 15.1. The van der Waals surface area contributed by atoms with Crippen molar-refractivity contribution in [3.8, 4) is 44.5 Å². The SMILES string of the molecule is CC1(C)CCC(C)(C)c2cc(-c3cccc(N(c4ccc(-c5cccc6c5-c5ccccc5C65C6CC7CC8CC5C86C7)cc4)c4ccc5c(c4)C(C)(C)c4ccccc4-5)c3)ccc21. The van der Waals surface area contributed by atoms with Crippen LogP contribution < -0.4 is 4.90 Å². The molecule has 6 atom stereocenters. The van der Waals surface area contributed by atoms with Crippen molar-refractivity contribution in [2.24, 2.45) is 29.1 Å². The second kappa shape index (κ2) is 12.4. The van der Waals surface area contributed by atoms with Gasteiger partial charge in [0.2, 0.25) is 0 Å². The lowest BCUT2D eigenvalue weighted by Crippen LogP contribution is -2.73. The van der Waals surface area contributed by atoms with Gasteiger partial charge in [-0.25, -0.2) is 0 Å². The molecule has 64 heavy (non-hydrogen) atoms. The predicted octanol–water partition coefficient (Wildman–Crippen LogP) is 16.5. The smallest absolute Gasteiger partial charge is 0.0467 e. The first-order chi connectivity index (χ1) is 30.9. The first kappa shape index (κ1) is 37.7. The molecule has 2 spiro atoms. The molecule has 2 bridgehead atoms. The number of benzene rings is 7. The standard InChI is InChI=1S/C63H59N/c1-59(2)29-30-60(3,4)55-34-41(23-28-52(55)59)40-13-11-14-44(33-40)64(45-26-27-48-47-15-7-9-18-50(47)61(5,6)54(48)36-45)43-24-21-39(22-25-43)46-17-12-20-53-58(46)49-16-8-10-19-51(49)63(53)56-32-38-31-42-35-57(63)62(42,56)37-38/h7-28,33-34,36,38,42,56-57H,29-32,35,37H2,1-6H3. The highest BCUT2D eigenvalue weighted by Crippen LogP contribution is 2.89. The van der Waals surface area contributed by atoms with Crippen LogP contribution in [0, 0.1) is 29.1 Å². The lowest BCUT2D eigenvalue weighted by Gasteiger charge is -2.76. The summed E-state index contributed by atoms with van der Waals surface area (Å²) in [5.74, 6) is 3.58. The van der Waals surface area contributed by atoms with Crippen molar-refractivity contribution in [3.63, 3.8) is 0 Å². The van der Waals surface area contributed by atoms with Gasteiger partial charge in [0.25, 0.3) is 0 Å². The Labute approximate surface area is 380 Å². The van der Waals surface area contributed by atoms with Crippen LogP contribution in [-0.2, 0) is 21.7 Å². The largest absolute Gasteiger partial charge is 0.310 e. The van der Waals surface area contributed by atoms with Gasteiger partial charge in [-0.2, -0.15) is 0 Å². The number of fused-ring (bicyclic) bond motifs is 12. The topological polar surface area (TPSA) is 3.24 Å². The Hall–Kier alpha value is -5.66. The lowest BCUT2D eigenvalue weighted by atomic mass is 9.27. The number of hydrogen-bond acceptors (Lipinski definition) is 1. The van der Waals surface area contributed by atoms with Crippen LogP contribution in [0.4, 0.5) is 17.1 Å². The maximum absolute atomic E-state index is 2.53. The maximum atomic E-state index is 2.53. The fraction of sp³-hybridized carbons (Fsp3) is 0.333. The van der Waals surface area contributed by atoms with Crippen molar-refractivity contribution in [2.75, 3.05) is 4.90 Å². The molecule has 1 nitrogen and oxygen atoms in total. The van der Waals surface area contributed by atoms with Crippen LogP contribution >= 0.6 is 0 Å². The normalized spacial score (nSPS) is 28.0. The first-order valence-electron chi connectivity index (χ1n) is 24.6. The fourth-order valence-corrected chi connectivity index (χ4v) is 16.3. The summed E-state index contributed by atoms with van der Waals surface area (Å²) in [5, 5.41) is 0. The summed E-state index contributed by atoms with van der Waals surface area (Å²) in [7, 11) is 0. The number of nitrogens with zero attached hydrogens (tertiary/aromatic N) is 1. The van der Waals surface area contributed by atoms with Gasteiger partial charge in [-0.3, -0.25) is 0 Å². The molecule has 0 aliphatic heterocycles. The van der Waals surface area contributed by atoms with E-state index >= 15 is 0 Å². The van der Waals surface area contributed by atoms with Crippen molar-refractivity contribution in [1.29, 1.82) is 0 Å². The molecule has 0 N–H and O–H groups in total. The van der Waals surface area contributed by atoms with E-state index < -0.39 is 0 Å². The highest BCUT2D eigenvalue weighted by Gasteiger charge is 2.84. The van der Waals surface area contributed by atoms with Crippen molar-refractivity contribution < 1.29 is 0 Å².